The van der Waals surface area contributed by atoms with E-state index in [1.54, 1.807) is 37.3 Å². The number of benzene rings is 2. The Kier molecular flexibility index (Phi) is 8.84. The third-order valence-corrected chi connectivity index (χ3v) is 4.77. The van der Waals surface area contributed by atoms with Gasteiger partial charge in [-0.05, 0) is 18.1 Å². The Labute approximate surface area is 184 Å². The molecule has 10 nitrogen and oxygen atoms in total. The van der Waals surface area contributed by atoms with Crippen LogP contribution in [0, 0.1) is 10.1 Å². The summed E-state index contributed by atoms with van der Waals surface area (Å²) in [6.07, 6.45) is -1.43. The minimum absolute atomic E-state index is 0.0929. The first-order valence-electron chi connectivity index (χ1n) is 9.79. The van der Waals surface area contributed by atoms with Gasteiger partial charge in [0.2, 0.25) is 0 Å². The summed E-state index contributed by atoms with van der Waals surface area (Å²) in [7, 11) is 1.32. The zero-order chi connectivity index (χ0) is 23.7. The van der Waals surface area contributed by atoms with Gasteiger partial charge in [0.05, 0.1) is 18.0 Å². The molecular weight excluding hydrogens is 420 g/mol. The van der Waals surface area contributed by atoms with Crippen molar-refractivity contribution < 1.29 is 33.9 Å². The molecule has 0 radical (unpaired) electrons. The van der Waals surface area contributed by atoms with Crippen LogP contribution in [0.2, 0.25) is 0 Å². The van der Waals surface area contributed by atoms with E-state index in [2.05, 4.69) is 5.32 Å². The molecular formula is C22H24N2O8. The summed E-state index contributed by atoms with van der Waals surface area (Å²) in [6.45, 7) is 1.70. The Hall–Kier alpha value is -3.79. The summed E-state index contributed by atoms with van der Waals surface area (Å²) < 4.78 is 10.2. The fourth-order valence-corrected chi connectivity index (χ4v) is 3.26. The van der Waals surface area contributed by atoms with E-state index in [0.717, 1.165) is 0 Å². The molecule has 0 saturated heterocycles. The van der Waals surface area contributed by atoms with E-state index in [1.165, 1.54) is 31.4 Å². The van der Waals surface area contributed by atoms with Gasteiger partial charge in [-0.15, -0.1) is 0 Å². The molecule has 0 aromatic heterocycles. The quantitative estimate of drug-likeness (QED) is 0.306. The summed E-state index contributed by atoms with van der Waals surface area (Å²) in [5, 5.41) is 23.2. The molecule has 0 aliphatic rings. The topological polar surface area (TPSA) is 145 Å². The van der Waals surface area contributed by atoms with E-state index in [0.29, 0.717) is 11.1 Å². The monoisotopic (exact) mass is 444 g/mol. The molecule has 2 aromatic rings. The number of carbonyl (C=O) groups is 3. The molecule has 0 heterocycles. The number of hydrogen-bond donors (Lipinski definition) is 2. The lowest BCUT2D eigenvalue weighted by atomic mass is 9.88. The molecule has 0 aliphatic heterocycles. The fraction of sp³-hybridized carbons (Fsp3) is 0.318. The molecule has 0 fully saturated rings. The van der Waals surface area contributed by atoms with Crippen LogP contribution in [0.4, 0.5) is 5.69 Å². The Morgan fingerprint density at radius 3 is 2.19 bits per heavy atom. The molecule has 32 heavy (non-hydrogen) atoms. The Morgan fingerprint density at radius 2 is 1.69 bits per heavy atom. The van der Waals surface area contributed by atoms with Gasteiger partial charge in [-0.2, -0.15) is 0 Å². The Morgan fingerprint density at radius 1 is 1.06 bits per heavy atom. The van der Waals surface area contributed by atoms with E-state index in [-0.39, 0.29) is 18.7 Å². The molecule has 2 rings (SSSR count). The normalized spacial score (nSPS) is 13.4. The highest BCUT2D eigenvalue weighted by Gasteiger charge is 2.35. The summed E-state index contributed by atoms with van der Waals surface area (Å²) >= 11 is 0. The second-order valence-corrected chi connectivity index (χ2v) is 6.82. The van der Waals surface area contributed by atoms with Gasteiger partial charge < -0.3 is 19.9 Å². The van der Waals surface area contributed by atoms with Gasteiger partial charge in [-0.1, -0.05) is 42.5 Å². The highest BCUT2D eigenvalue weighted by Crippen LogP contribution is 2.28. The van der Waals surface area contributed by atoms with Crippen LogP contribution >= 0.6 is 0 Å². The van der Waals surface area contributed by atoms with Gasteiger partial charge in [-0.3, -0.25) is 19.7 Å². The molecule has 0 unspecified atom stereocenters. The first-order chi connectivity index (χ1) is 15.3. The molecule has 0 spiro atoms. The predicted octanol–water partition coefficient (Wildman–Crippen LogP) is 2.59. The highest BCUT2D eigenvalue weighted by molar-refractivity contribution is 5.88. The number of amides is 1. The second kappa shape index (κ2) is 11.6. The maximum Gasteiger partial charge on any atom is 0.326 e. The number of hydrogen-bond acceptors (Lipinski definition) is 7. The summed E-state index contributed by atoms with van der Waals surface area (Å²) in [5.74, 6) is -3.79. The zero-order valence-electron chi connectivity index (χ0n) is 17.6. The predicted molar refractivity (Wildman–Crippen MR) is 113 cm³/mol. The zero-order valence-corrected chi connectivity index (χ0v) is 17.6. The van der Waals surface area contributed by atoms with Gasteiger partial charge in [0, 0.05) is 25.2 Å². The molecule has 0 bridgehead atoms. The second-order valence-electron chi connectivity index (χ2n) is 6.82. The number of carbonyl (C=O) groups excluding carboxylic acids is 2. The lowest BCUT2D eigenvalue weighted by molar-refractivity contribution is -0.384. The highest BCUT2D eigenvalue weighted by atomic mass is 16.6. The van der Waals surface area contributed by atoms with Crippen LogP contribution in [0.1, 0.15) is 36.5 Å². The van der Waals surface area contributed by atoms with Crippen LogP contribution in [0.3, 0.4) is 0 Å². The number of rotatable bonds is 11. The van der Waals surface area contributed by atoms with Crippen LogP contribution in [0.25, 0.3) is 0 Å². The average Bonchev–Trinajstić information content (AvgIpc) is 2.77. The SMILES string of the molecule is CCOC(=O)C[C@@H](c1ccc([N+](=O)[O-])cc1)[C@H](NC(=O)[C@@H](OC)c1ccccc1)C(=O)O. The van der Waals surface area contributed by atoms with Gasteiger partial charge in [0.15, 0.2) is 6.10 Å². The van der Waals surface area contributed by atoms with Crippen molar-refractivity contribution in [2.24, 2.45) is 0 Å². The average molecular weight is 444 g/mol. The van der Waals surface area contributed by atoms with Crippen molar-refractivity contribution in [3.05, 3.63) is 75.8 Å². The molecule has 2 N–H and O–H groups in total. The smallest absolute Gasteiger partial charge is 0.326 e. The molecule has 0 aliphatic carbocycles. The van der Waals surface area contributed by atoms with Crippen molar-refractivity contribution in [1.82, 2.24) is 5.32 Å². The summed E-state index contributed by atoms with van der Waals surface area (Å²) in [4.78, 5) is 47.5. The molecule has 1 amide bonds. The van der Waals surface area contributed by atoms with E-state index >= 15 is 0 Å². The number of ether oxygens (including phenoxy) is 2. The third kappa shape index (κ3) is 6.35. The summed E-state index contributed by atoms with van der Waals surface area (Å²) in [5.41, 5.74) is 0.655. The molecule has 170 valence electrons. The van der Waals surface area contributed by atoms with E-state index in [1.807, 2.05) is 0 Å². The van der Waals surface area contributed by atoms with Crippen LogP contribution in [-0.4, -0.2) is 47.6 Å². The van der Waals surface area contributed by atoms with Crippen molar-refractivity contribution in [2.45, 2.75) is 31.4 Å². The maximum atomic E-state index is 12.9. The number of esters is 1. The number of methoxy groups -OCH3 is 1. The molecule has 3 atom stereocenters. The standard InChI is InChI=1S/C22H24N2O8/c1-3-32-18(25)13-17(14-9-11-16(12-10-14)24(29)30)19(22(27)28)23-21(26)20(31-2)15-7-5-4-6-8-15/h4-12,17,19-20H,3,13H2,1-2H3,(H,23,26)(H,27,28)/t17-,19-,20-/m0/s1. The number of carboxylic acid groups (broad SMARTS) is 1. The lowest BCUT2D eigenvalue weighted by Crippen LogP contribution is -2.47. The maximum absolute atomic E-state index is 12.9. The molecule has 0 saturated carbocycles. The number of non-ortho nitro benzene ring substituents is 1. The van der Waals surface area contributed by atoms with Crippen molar-refractivity contribution in [3.8, 4) is 0 Å². The number of nitro benzene ring substituents is 1. The van der Waals surface area contributed by atoms with Gasteiger partial charge in [-0.25, -0.2) is 4.79 Å². The molecule has 10 heteroatoms. The number of nitro groups is 1. The van der Waals surface area contributed by atoms with Crippen LogP contribution < -0.4 is 5.32 Å². The summed E-state index contributed by atoms with van der Waals surface area (Å²) in [6, 6.07) is 12.1. The molecule has 2 aromatic carbocycles. The van der Waals surface area contributed by atoms with Crippen LogP contribution in [-0.2, 0) is 23.9 Å². The largest absolute Gasteiger partial charge is 0.480 e. The Balaban J connectivity index is 2.37. The van der Waals surface area contributed by atoms with Gasteiger partial charge in [0.1, 0.15) is 6.04 Å². The number of nitrogens with one attached hydrogen (secondary N) is 1. The first-order valence-corrected chi connectivity index (χ1v) is 9.79. The van der Waals surface area contributed by atoms with E-state index in [4.69, 9.17) is 9.47 Å². The van der Waals surface area contributed by atoms with Gasteiger partial charge in [0.25, 0.3) is 11.6 Å². The van der Waals surface area contributed by atoms with Crippen molar-refractivity contribution >= 4 is 23.5 Å². The van der Waals surface area contributed by atoms with Crippen molar-refractivity contribution in [1.29, 1.82) is 0 Å². The minimum Gasteiger partial charge on any atom is -0.480 e. The van der Waals surface area contributed by atoms with Crippen molar-refractivity contribution in [3.63, 3.8) is 0 Å². The lowest BCUT2D eigenvalue weighted by Gasteiger charge is -2.26. The third-order valence-electron chi connectivity index (χ3n) is 4.77. The van der Waals surface area contributed by atoms with Crippen LogP contribution in [0.5, 0.6) is 0 Å². The van der Waals surface area contributed by atoms with E-state index in [9.17, 15) is 29.6 Å². The van der Waals surface area contributed by atoms with Gasteiger partial charge >= 0.3 is 11.9 Å². The fourth-order valence-electron chi connectivity index (χ4n) is 3.26. The number of nitrogens with zero attached hydrogens (tertiary/aromatic N) is 1. The minimum atomic E-state index is -1.52. The Bertz CT molecular complexity index is 946. The number of aliphatic carboxylic acids is 1. The number of carboxylic acids is 1. The first kappa shape index (κ1) is 24.5. The van der Waals surface area contributed by atoms with E-state index < -0.39 is 40.8 Å². The van der Waals surface area contributed by atoms with Crippen LogP contribution in [0.15, 0.2) is 54.6 Å². The van der Waals surface area contributed by atoms with Crippen molar-refractivity contribution in [2.75, 3.05) is 13.7 Å².